The molecule has 0 aliphatic carbocycles. The molecule has 1 heterocycles. The standard InChI is InChI=1S/C23H29FN4O2S/c1-16(22(29)25-19-8-6-7-18(24)15-19)27-11-13-28(14-12-27)17(2)23(30)26-20-9-4-5-10-21(20)31-3/h4-10,15-17H,11-14H2,1-3H3,(H,25,29)(H,26,30). The van der Waals surface area contributed by atoms with Crippen LogP contribution in [0.25, 0.3) is 0 Å². The number of benzene rings is 2. The minimum Gasteiger partial charge on any atom is -0.325 e. The number of anilines is 2. The minimum atomic E-state index is -0.383. The van der Waals surface area contributed by atoms with E-state index in [1.165, 1.54) is 12.1 Å². The Labute approximate surface area is 187 Å². The Bertz CT molecular complexity index is 918. The molecule has 2 unspecified atom stereocenters. The van der Waals surface area contributed by atoms with Crippen LogP contribution >= 0.6 is 11.8 Å². The first kappa shape index (κ1) is 23.2. The van der Waals surface area contributed by atoms with E-state index >= 15 is 0 Å². The molecule has 0 bridgehead atoms. The van der Waals surface area contributed by atoms with Gasteiger partial charge in [0.25, 0.3) is 0 Å². The van der Waals surface area contributed by atoms with E-state index in [1.54, 1.807) is 23.9 Å². The molecule has 1 aliphatic heterocycles. The summed E-state index contributed by atoms with van der Waals surface area (Å²) in [6, 6.07) is 13.0. The summed E-state index contributed by atoms with van der Waals surface area (Å²) in [5.74, 6) is -0.586. The number of piperazine rings is 1. The average Bonchev–Trinajstić information content (AvgIpc) is 2.78. The van der Waals surface area contributed by atoms with Crippen LogP contribution in [0.1, 0.15) is 13.8 Å². The van der Waals surface area contributed by atoms with Gasteiger partial charge in [0.2, 0.25) is 11.8 Å². The van der Waals surface area contributed by atoms with Crippen molar-refractivity contribution in [3.05, 3.63) is 54.3 Å². The normalized spacial score (nSPS) is 17.0. The Balaban J connectivity index is 1.51. The first-order chi connectivity index (χ1) is 14.9. The molecule has 8 heteroatoms. The van der Waals surface area contributed by atoms with Crippen LogP contribution in [0.4, 0.5) is 15.8 Å². The molecule has 1 saturated heterocycles. The van der Waals surface area contributed by atoms with Gasteiger partial charge in [0, 0.05) is 36.8 Å². The smallest absolute Gasteiger partial charge is 0.241 e. The molecule has 6 nitrogen and oxygen atoms in total. The second-order valence-electron chi connectivity index (χ2n) is 7.61. The second kappa shape index (κ2) is 10.7. The molecule has 2 aromatic rings. The molecule has 2 amide bonds. The zero-order valence-electron chi connectivity index (χ0n) is 18.1. The van der Waals surface area contributed by atoms with Crippen molar-refractivity contribution >= 4 is 35.0 Å². The first-order valence-electron chi connectivity index (χ1n) is 10.4. The lowest BCUT2D eigenvalue weighted by Gasteiger charge is -2.39. The van der Waals surface area contributed by atoms with Gasteiger partial charge in [0.05, 0.1) is 17.8 Å². The predicted octanol–water partition coefficient (Wildman–Crippen LogP) is 3.52. The number of rotatable bonds is 7. The third-order valence-corrected chi connectivity index (χ3v) is 6.46. The third-order valence-electron chi connectivity index (χ3n) is 5.66. The van der Waals surface area contributed by atoms with Crippen molar-refractivity contribution in [2.75, 3.05) is 43.1 Å². The number of halogens is 1. The molecule has 2 atom stereocenters. The second-order valence-corrected chi connectivity index (χ2v) is 8.46. The van der Waals surface area contributed by atoms with Crippen LogP contribution in [0.3, 0.4) is 0 Å². The van der Waals surface area contributed by atoms with E-state index in [4.69, 9.17) is 0 Å². The fraction of sp³-hybridized carbons (Fsp3) is 0.391. The Kier molecular flexibility index (Phi) is 8.06. The maximum atomic E-state index is 13.3. The van der Waals surface area contributed by atoms with Gasteiger partial charge in [-0.2, -0.15) is 0 Å². The summed E-state index contributed by atoms with van der Waals surface area (Å²) in [4.78, 5) is 30.6. The Morgan fingerprint density at radius 1 is 0.903 bits per heavy atom. The van der Waals surface area contributed by atoms with Crippen LogP contribution in [-0.4, -0.2) is 66.1 Å². The number of carbonyl (C=O) groups is 2. The molecule has 31 heavy (non-hydrogen) atoms. The summed E-state index contributed by atoms with van der Waals surface area (Å²) in [6.07, 6.45) is 1.99. The van der Waals surface area contributed by atoms with Gasteiger partial charge in [-0.15, -0.1) is 11.8 Å². The van der Waals surface area contributed by atoms with E-state index in [9.17, 15) is 14.0 Å². The monoisotopic (exact) mass is 444 g/mol. The Morgan fingerprint density at radius 2 is 1.48 bits per heavy atom. The molecule has 2 N–H and O–H groups in total. The van der Waals surface area contributed by atoms with Crippen molar-refractivity contribution in [3.8, 4) is 0 Å². The zero-order chi connectivity index (χ0) is 22.4. The van der Waals surface area contributed by atoms with Crippen LogP contribution in [0, 0.1) is 5.82 Å². The lowest BCUT2D eigenvalue weighted by molar-refractivity contribution is -0.124. The topological polar surface area (TPSA) is 64.7 Å². The SMILES string of the molecule is CSc1ccccc1NC(=O)C(C)N1CCN(C(C)C(=O)Nc2cccc(F)c2)CC1. The number of thioether (sulfide) groups is 1. The van der Waals surface area contributed by atoms with Gasteiger partial charge >= 0.3 is 0 Å². The number of amides is 2. The zero-order valence-corrected chi connectivity index (χ0v) is 18.9. The summed E-state index contributed by atoms with van der Waals surface area (Å²) in [6.45, 7) is 6.49. The van der Waals surface area contributed by atoms with Crippen molar-refractivity contribution in [1.29, 1.82) is 0 Å². The fourth-order valence-electron chi connectivity index (χ4n) is 3.64. The Hall–Kier alpha value is -2.42. The number of nitrogens with one attached hydrogen (secondary N) is 2. The highest BCUT2D eigenvalue weighted by molar-refractivity contribution is 7.98. The van der Waals surface area contributed by atoms with Gasteiger partial charge in [0.1, 0.15) is 5.82 Å². The number of para-hydroxylation sites is 1. The van der Waals surface area contributed by atoms with Gasteiger partial charge in [-0.25, -0.2) is 4.39 Å². The summed E-state index contributed by atoms with van der Waals surface area (Å²) in [5.41, 5.74) is 1.28. The maximum Gasteiger partial charge on any atom is 0.241 e. The van der Waals surface area contributed by atoms with Crippen molar-refractivity contribution in [1.82, 2.24) is 9.80 Å². The molecular weight excluding hydrogens is 415 g/mol. The van der Waals surface area contributed by atoms with Crippen molar-refractivity contribution in [3.63, 3.8) is 0 Å². The number of nitrogens with zero attached hydrogens (tertiary/aromatic N) is 2. The molecule has 166 valence electrons. The van der Waals surface area contributed by atoms with Crippen molar-refractivity contribution in [2.24, 2.45) is 0 Å². The van der Waals surface area contributed by atoms with Crippen molar-refractivity contribution < 1.29 is 14.0 Å². The summed E-state index contributed by atoms with van der Waals surface area (Å²) in [5, 5.41) is 5.80. The summed E-state index contributed by atoms with van der Waals surface area (Å²) in [7, 11) is 0. The van der Waals surface area contributed by atoms with Gasteiger partial charge in [-0.3, -0.25) is 19.4 Å². The van der Waals surface area contributed by atoms with Crippen LogP contribution in [-0.2, 0) is 9.59 Å². The van der Waals surface area contributed by atoms with E-state index in [-0.39, 0.29) is 29.7 Å². The van der Waals surface area contributed by atoms with Gasteiger partial charge in [-0.1, -0.05) is 18.2 Å². The average molecular weight is 445 g/mol. The van der Waals surface area contributed by atoms with E-state index < -0.39 is 0 Å². The largest absolute Gasteiger partial charge is 0.325 e. The van der Waals surface area contributed by atoms with Gasteiger partial charge in [-0.05, 0) is 50.4 Å². The Morgan fingerprint density at radius 3 is 2.06 bits per heavy atom. The molecule has 1 aliphatic rings. The highest BCUT2D eigenvalue weighted by atomic mass is 32.2. The van der Waals surface area contributed by atoms with Crippen LogP contribution in [0.5, 0.6) is 0 Å². The quantitative estimate of drug-likeness (QED) is 0.640. The minimum absolute atomic E-state index is 0.0353. The van der Waals surface area contributed by atoms with Crippen LogP contribution in [0.2, 0.25) is 0 Å². The van der Waals surface area contributed by atoms with Crippen LogP contribution < -0.4 is 10.6 Å². The molecule has 0 spiro atoms. The molecule has 3 rings (SSSR count). The van der Waals surface area contributed by atoms with Crippen molar-refractivity contribution in [2.45, 2.75) is 30.8 Å². The molecule has 0 saturated carbocycles. The molecular formula is C23H29FN4O2S. The first-order valence-corrected chi connectivity index (χ1v) is 11.6. The van der Waals surface area contributed by atoms with Gasteiger partial charge < -0.3 is 10.6 Å². The lowest BCUT2D eigenvalue weighted by atomic mass is 10.1. The fourth-order valence-corrected chi connectivity index (χ4v) is 4.20. The van der Waals surface area contributed by atoms with E-state index in [0.717, 1.165) is 10.6 Å². The predicted molar refractivity (Wildman–Crippen MR) is 124 cm³/mol. The molecule has 2 aromatic carbocycles. The summed E-state index contributed by atoms with van der Waals surface area (Å²) < 4.78 is 13.3. The maximum absolute atomic E-state index is 13.3. The lowest BCUT2D eigenvalue weighted by Crippen LogP contribution is -2.56. The molecule has 1 fully saturated rings. The number of carbonyl (C=O) groups excluding carboxylic acids is 2. The van der Waals surface area contributed by atoms with Gasteiger partial charge in [0.15, 0.2) is 0 Å². The molecule has 0 aromatic heterocycles. The van der Waals surface area contributed by atoms with E-state index in [1.807, 2.05) is 44.4 Å². The third kappa shape index (κ3) is 6.06. The van der Waals surface area contributed by atoms with E-state index in [0.29, 0.717) is 31.9 Å². The number of hydrogen-bond donors (Lipinski definition) is 2. The van der Waals surface area contributed by atoms with E-state index in [2.05, 4.69) is 20.4 Å². The number of hydrogen-bond acceptors (Lipinski definition) is 5. The molecule has 0 radical (unpaired) electrons. The van der Waals surface area contributed by atoms with Crippen LogP contribution in [0.15, 0.2) is 53.4 Å². The summed E-state index contributed by atoms with van der Waals surface area (Å²) >= 11 is 1.60. The highest BCUT2D eigenvalue weighted by Crippen LogP contribution is 2.25. The highest BCUT2D eigenvalue weighted by Gasteiger charge is 2.30.